The molecule has 1 aliphatic carbocycles. The number of carbonyl (C=O) groups excluding carboxylic acids is 2. The first-order valence-electron chi connectivity index (χ1n) is 7.24. The maximum absolute atomic E-state index is 11.9. The molecule has 1 fully saturated rings. The summed E-state index contributed by atoms with van der Waals surface area (Å²) in [6.45, 7) is 5.42. The summed E-state index contributed by atoms with van der Waals surface area (Å²) in [4.78, 5) is 23.6. The fraction of sp³-hybridized carbons (Fsp3) is 0.500. The van der Waals surface area contributed by atoms with Crippen molar-refractivity contribution in [3.8, 4) is 0 Å². The fourth-order valence-corrected chi connectivity index (χ4v) is 1.95. The second-order valence-corrected chi connectivity index (χ2v) is 6.31. The van der Waals surface area contributed by atoms with Gasteiger partial charge in [0.2, 0.25) is 0 Å². The topological polar surface area (TPSA) is 67.4 Å². The predicted octanol–water partition coefficient (Wildman–Crippen LogP) is 3.32. The van der Waals surface area contributed by atoms with Crippen LogP contribution in [0, 0.1) is 0 Å². The lowest BCUT2D eigenvalue weighted by Gasteiger charge is -2.26. The standard InChI is InChI=1S/C16H22N2O3/c1-16(2,3)21-15(20)18-13-9-7-11(8-10-13)14(19)17-12-5-4-6-12/h7-10,12H,4-6H2,1-3H3,(H,17,19)(H,18,20). The van der Waals surface area contributed by atoms with Crippen LogP contribution in [0.2, 0.25) is 0 Å². The van der Waals surface area contributed by atoms with Gasteiger partial charge in [0.25, 0.3) is 5.91 Å². The van der Waals surface area contributed by atoms with E-state index in [0.717, 1.165) is 12.8 Å². The van der Waals surface area contributed by atoms with Crippen LogP contribution >= 0.6 is 0 Å². The average molecular weight is 290 g/mol. The van der Waals surface area contributed by atoms with Crippen LogP contribution in [0.1, 0.15) is 50.4 Å². The molecule has 0 bridgehead atoms. The first-order valence-corrected chi connectivity index (χ1v) is 7.24. The molecule has 1 aromatic carbocycles. The van der Waals surface area contributed by atoms with Gasteiger partial charge in [0.05, 0.1) is 0 Å². The Bertz CT molecular complexity index is 513. The van der Waals surface area contributed by atoms with E-state index in [4.69, 9.17) is 4.74 Å². The van der Waals surface area contributed by atoms with Gasteiger partial charge in [-0.05, 0) is 64.3 Å². The number of ether oxygens (including phenoxy) is 1. The van der Waals surface area contributed by atoms with Crippen LogP contribution in [-0.2, 0) is 4.74 Å². The summed E-state index contributed by atoms with van der Waals surface area (Å²) >= 11 is 0. The number of nitrogens with one attached hydrogen (secondary N) is 2. The normalized spacial score (nSPS) is 15.0. The molecule has 0 aliphatic heterocycles. The van der Waals surface area contributed by atoms with Crippen LogP contribution in [0.4, 0.5) is 10.5 Å². The quantitative estimate of drug-likeness (QED) is 0.897. The maximum atomic E-state index is 11.9. The average Bonchev–Trinajstić information content (AvgIpc) is 2.32. The monoisotopic (exact) mass is 290 g/mol. The molecule has 2 amide bonds. The van der Waals surface area contributed by atoms with Crippen molar-refractivity contribution in [2.45, 2.75) is 51.7 Å². The third kappa shape index (κ3) is 4.77. The zero-order chi connectivity index (χ0) is 15.5. The lowest BCUT2D eigenvalue weighted by molar-refractivity contribution is 0.0635. The molecule has 2 rings (SSSR count). The Morgan fingerprint density at radius 1 is 1.14 bits per heavy atom. The Hall–Kier alpha value is -2.04. The Balaban J connectivity index is 1.89. The Labute approximate surface area is 125 Å². The molecule has 1 aromatic rings. The van der Waals surface area contributed by atoms with Crippen molar-refractivity contribution in [3.05, 3.63) is 29.8 Å². The highest BCUT2D eigenvalue weighted by Crippen LogP contribution is 2.19. The van der Waals surface area contributed by atoms with Crippen molar-refractivity contribution in [2.75, 3.05) is 5.32 Å². The molecule has 1 aliphatic rings. The SMILES string of the molecule is CC(C)(C)OC(=O)Nc1ccc(C(=O)NC2CCC2)cc1. The molecule has 2 N–H and O–H groups in total. The fourth-order valence-electron chi connectivity index (χ4n) is 1.95. The molecule has 1 saturated carbocycles. The number of amides is 2. The zero-order valence-corrected chi connectivity index (χ0v) is 12.7. The van der Waals surface area contributed by atoms with Crippen LogP contribution in [0.5, 0.6) is 0 Å². The molecule has 0 heterocycles. The predicted molar refractivity (Wildman–Crippen MR) is 81.4 cm³/mol. The second-order valence-electron chi connectivity index (χ2n) is 6.31. The largest absolute Gasteiger partial charge is 0.444 e. The van der Waals surface area contributed by atoms with E-state index in [-0.39, 0.29) is 5.91 Å². The minimum Gasteiger partial charge on any atom is -0.444 e. The summed E-state index contributed by atoms with van der Waals surface area (Å²) in [6.07, 6.45) is 2.80. The molecule has 5 heteroatoms. The molecule has 0 aromatic heterocycles. The Morgan fingerprint density at radius 2 is 1.76 bits per heavy atom. The van der Waals surface area contributed by atoms with Gasteiger partial charge in [-0.25, -0.2) is 4.79 Å². The molecule has 0 saturated heterocycles. The van der Waals surface area contributed by atoms with E-state index in [1.54, 1.807) is 45.0 Å². The van der Waals surface area contributed by atoms with Crippen molar-refractivity contribution in [1.82, 2.24) is 5.32 Å². The van der Waals surface area contributed by atoms with Gasteiger partial charge >= 0.3 is 6.09 Å². The van der Waals surface area contributed by atoms with E-state index in [9.17, 15) is 9.59 Å². The summed E-state index contributed by atoms with van der Waals surface area (Å²) in [5.41, 5.74) is 0.660. The van der Waals surface area contributed by atoms with Gasteiger partial charge in [0, 0.05) is 17.3 Å². The van der Waals surface area contributed by atoms with E-state index in [0.29, 0.717) is 17.3 Å². The van der Waals surface area contributed by atoms with E-state index in [1.807, 2.05) is 0 Å². The first kappa shape index (κ1) is 15.4. The van der Waals surface area contributed by atoms with Gasteiger partial charge in [-0.2, -0.15) is 0 Å². The summed E-state index contributed by atoms with van der Waals surface area (Å²) in [7, 11) is 0. The number of hydrogen-bond acceptors (Lipinski definition) is 3. The molecular formula is C16H22N2O3. The number of benzene rings is 1. The molecular weight excluding hydrogens is 268 g/mol. The van der Waals surface area contributed by atoms with Crippen LogP contribution < -0.4 is 10.6 Å². The van der Waals surface area contributed by atoms with Crippen molar-refractivity contribution in [2.24, 2.45) is 0 Å². The van der Waals surface area contributed by atoms with Crippen LogP contribution in [0.15, 0.2) is 24.3 Å². The minimum absolute atomic E-state index is 0.0662. The number of hydrogen-bond donors (Lipinski definition) is 2. The van der Waals surface area contributed by atoms with Crippen molar-refractivity contribution in [3.63, 3.8) is 0 Å². The first-order chi connectivity index (χ1) is 9.83. The third-order valence-electron chi connectivity index (χ3n) is 3.23. The number of carbonyl (C=O) groups is 2. The zero-order valence-electron chi connectivity index (χ0n) is 12.7. The van der Waals surface area contributed by atoms with E-state index in [2.05, 4.69) is 10.6 Å². The van der Waals surface area contributed by atoms with Gasteiger partial charge in [-0.1, -0.05) is 0 Å². The number of anilines is 1. The summed E-state index contributed by atoms with van der Waals surface area (Å²) < 4.78 is 5.16. The molecule has 114 valence electrons. The molecule has 0 radical (unpaired) electrons. The van der Waals surface area contributed by atoms with E-state index in [1.165, 1.54) is 6.42 Å². The Morgan fingerprint density at radius 3 is 2.24 bits per heavy atom. The van der Waals surface area contributed by atoms with Crippen molar-refractivity contribution >= 4 is 17.7 Å². The Kier molecular flexibility index (Phi) is 4.50. The minimum atomic E-state index is -0.535. The highest BCUT2D eigenvalue weighted by atomic mass is 16.6. The van der Waals surface area contributed by atoms with Crippen LogP contribution in [0.25, 0.3) is 0 Å². The van der Waals surface area contributed by atoms with Gasteiger partial charge in [0.15, 0.2) is 0 Å². The van der Waals surface area contributed by atoms with Crippen molar-refractivity contribution < 1.29 is 14.3 Å². The lowest BCUT2D eigenvalue weighted by Crippen LogP contribution is -2.39. The van der Waals surface area contributed by atoms with Gasteiger partial charge < -0.3 is 10.1 Å². The van der Waals surface area contributed by atoms with Crippen LogP contribution in [0.3, 0.4) is 0 Å². The summed E-state index contributed by atoms with van der Waals surface area (Å²) in [5, 5.41) is 5.61. The lowest BCUT2D eigenvalue weighted by atomic mass is 9.93. The van der Waals surface area contributed by atoms with Gasteiger partial charge in [0.1, 0.15) is 5.60 Å². The van der Waals surface area contributed by atoms with Gasteiger partial charge in [-0.3, -0.25) is 10.1 Å². The smallest absolute Gasteiger partial charge is 0.412 e. The van der Waals surface area contributed by atoms with Gasteiger partial charge in [-0.15, -0.1) is 0 Å². The third-order valence-corrected chi connectivity index (χ3v) is 3.23. The summed E-state index contributed by atoms with van der Waals surface area (Å²) in [5.74, 6) is -0.0662. The molecule has 0 atom stereocenters. The molecule has 5 nitrogen and oxygen atoms in total. The molecule has 21 heavy (non-hydrogen) atoms. The highest BCUT2D eigenvalue weighted by Gasteiger charge is 2.20. The van der Waals surface area contributed by atoms with E-state index >= 15 is 0 Å². The second kappa shape index (κ2) is 6.16. The summed E-state index contributed by atoms with van der Waals surface area (Å²) in [6, 6.07) is 7.10. The number of rotatable bonds is 3. The maximum Gasteiger partial charge on any atom is 0.412 e. The highest BCUT2D eigenvalue weighted by molar-refractivity contribution is 5.95. The molecule has 0 unspecified atom stereocenters. The van der Waals surface area contributed by atoms with Crippen molar-refractivity contribution in [1.29, 1.82) is 0 Å². The van der Waals surface area contributed by atoms with Crippen LogP contribution in [-0.4, -0.2) is 23.6 Å². The molecule has 0 spiro atoms. The van der Waals surface area contributed by atoms with E-state index < -0.39 is 11.7 Å².